The Morgan fingerprint density at radius 1 is 1.26 bits per heavy atom. The first-order chi connectivity index (χ1) is 13.2. The number of halogens is 1. The number of imidazole rings is 1. The Bertz CT molecular complexity index is 926. The molecule has 0 unspecified atom stereocenters. The molecule has 0 bridgehead atoms. The van der Waals surface area contributed by atoms with Crippen LogP contribution in [0.4, 0.5) is 5.95 Å². The number of H-pyrrole nitrogens is 2. The number of ether oxygens (including phenoxy) is 1. The maximum atomic E-state index is 5.48. The fourth-order valence-electron chi connectivity index (χ4n) is 2.42. The Morgan fingerprint density at radius 3 is 2.74 bits per heavy atom. The molecule has 0 saturated heterocycles. The lowest BCUT2D eigenvalue weighted by Gasteiger charge is -2.08. The summed E-state index contributed by atoms with van der Waals surface area (Å²) in [4.78, 5) is 14.8. The maximum absolute atomic E-state index is 5.48. The number of rotatable bonds is 9. The second kappa shape index (κ2) is 9.91. The number of aromatic nitrogens is 4. The summed E-state index contributed by atoms with van der Waals surface area (Å²) in [5.41, 5.74) is 3.26. The molecule has 6 nitrogen and oxygen atoms in total. The summed E-state index contributed by atoms with van der Waals surface area (Å²) in [6.07, 6.45) is 4.26. The normalized spacial score (nSPS) is 10.7. The van der Waals surface area contributed by atoms with Gasteiger partial charge in [-0.05, 0) is 33.6 Å². The molecule has 0 atom stereocenters. The van der Waals surface area contributed by atoms with E-state index in [1.165, 1.54) is 5.56 Å². The van der Waals surface area contributed by atoms with Gasteiger partial charge in [0.2, 0.25) is 5.95 Å². The van der Waals surface area contributed by atoms with E-state index in [0.717, 1.165) is 46.1 Å². The molecule has 0 saturated carbocycles. The smallest absolute Gasteiger partial charge is 0.201 e. The molecule has 0 fully saturated rings. The molecule has 0 aliphatic carbocycles. The second-order valence-corrected chi connectivity index (χ2v) is 8.03. The highest BCUT2D eigenvalue weighted by Crippen LogP contribution is 2.18. The van der Waals surface area contributed by atoms with Gasteiger partial charge in [0, 0.05) is 36.2 Å². The number of methoxy groups -OCH3 is 1. The molecule has 0 aliphatic rings. The van der Waals surface area contributed by atoms with E-state index in [-0.39, 0.29) is 0 Å². The minimum Gasteiger partial charge on any atom is -0.497 e. The van der Waals surface area contributed by atoms with Crippen LogP contribution in [0.5, 0.6) is 5.75 Å². The zero-order valence-corrected chi connectivity index (χ0v) is 18.0. The highest BCUT2D eigenvalue weighted by atomic mass is 79.9. The number of anilines is 1. The second-order valence-electron chi connectivity index (χ2n) is 5.76. The van der Waals surface area contributed by atoms with Crippen molar-refractivity contribution in [3.8, 4) is 5.75 Å². The average molecular weight is 466 g/mol. The lowest BCUT2D eigenvalue weighted by molar-refractivity contribution is 0.414. The zero-order valence-electron chi connectivity index (χ0n) is 14.8. The van der Waals surface area contributed by atoms with Gasteiger partial charge in [-0.25, -0.2) is 9.97 Å². The van der Waals surface area contributed by atoms with Crippen molar-refractivity contribution < 1.29 is 4.74 Å². The number of hydrogen-bond donors (Lipinski definition) is 3. The van der Waals surface area contributed by atoms with Crippen molar-refractivity contribution in [2.75, 3.05) is 24.7 Å². The van der Waals surface area contributed by atoms with Crippen LogP contribution >= 0.6 is 39.9 Å². The van der Waals surface area contributed by atoms with Gasteiger partial charge in [-0.3, -0.25) is 0 Å². The molecule has 0 aliphatic heterocycles. The molecule has 0 amide bonds. The minimum absolute atomic E-state index is 0.696. The van der Waals surface area contributed by atoms with E-state index in [2.05, 4.69) is 41.2 Å². The third kappa shape index (κ3) is 5.82. The summed E-state index contributed by atoms with van der Waals surface area (Å²) in [6.45, 7) is 0.798. The largest absolute Gasteiger partial charge is 0.497 e. The molecule has 0 radical (unpaired) electrons. The van der Waals surface area contributed by atoms with E-state index in [0.29, 0.717) is 10.6 Å². The van der Waals surface area contributed by atoms with Gasteiger partial charge in [0.1, 0.15) is 15.0 Å². The van der Waals surface area contributed by atoms with Crippen molar-refractivity contribution in [1.82, 2.24) is 19.9 Å². The van der Waals surface area contributed by atoms with Crippen molar-refractivity contribution in [3.63, 3.8) is 0 Å². The van der Waals surface area contributed by atoms with Crippen molar-refractivity contribution >= 4 is 45.9 Å². The molecule has 3 rings (SSSR count). The van der Waals surface area contributed by atoms with Crippen LogP contribution in [-0.4, -0.2) is 39.3 Å². The molecular weight excluding hydrogens is 446 g/mol. The highest BCUT2D eigenvalue weighted by molar-refractivity contribution is 9.10. The minimum atomic E-state index is 0.696. The summed E-state index contributed by atoms with van der Waals surface area (Å²) in [5.74, 6) is 3.37. The van der Waals surface area contributed by atoms with Gasteiger partial charge in [0.25, 0.3) is 0 Å². The molecular formula is C18H20BrN5OS2. The molecule has 2 aromatic heterocycles. The van der Waals surface area contributed by atoms with Crippen LogP contribution in [-0.2, 0) is 12.2 Å². The molecule has 142 valence electrons. The number of aromatic amines is 2. The Morgan fingerprint density at radius 2 is 2.07 bits per heavy atom. The average Bonchev–Trinajstić information content (AvgIpc) is 3.09. The Hall–Kier alpha value is -1.84. The molecule has 3 aromatic rings. The molecule has 1 aromatic carbocycles. The maximum Gasteiger partial charge on any atom is 0.201 e. The molecule has 3 N–H and O–H groups in total. The topological polar surface area (TPSA) is 78.6 Å². The molecule has 2 heterocycles. The summed E-state index contributed by atoms with van der Waals surface area (Å²) < 4.78 is 6.77. The quantitative estimate of drug-likeness (QED) is 0.317. The Balaban J connectivity index is 1.47. The van der Waals surface area contributed by atoms with Gasteiger partial charge in [-0.15, -0.1) is 0 Å². The summed E-state index contributed by atoms with van der Waals surface area (Å²) in [5, 5.41) is 3.28. The van der Waals surface area contributed by atoms with E-state index in [4.69, 9.17) is 17.0 Å². The van der Waals surface area contributed by atoms with Crippen LogP contribution in [0.25, 0.3) is 0 Å². The number of hydrogen-bond acceptors (Lipinski definition) is 6. The molecule has 27 heavy (non-hydrogen) atoms. The number of benzene rings is 1. The molecule has 0 spiro atoms. The lowest BCUT2D eigenvalue weighted by atomic mass is 10.1. The van der Waals surface area contributed by atoms with E-state index in [1.807, 2.05) is 42.2 Å². The SMILES string of the molecule is COc1ccc(Cc2cnc(NCCSCc3[nH]cnc3Br)[nH]c2=S)cc1. The standard InChI is InChI=1S/C18H20BrN5OS2/c1-25-14-4-2-12(3-5-14)8-13-9-21-18(24-17(13)26)20-6-7-27-10-15-16(19)23-11-22-15/h2-5,9,11H,6-8,10H2,1H3,(H,22,23)(H2,20,21,24,26). The summed E-state index contributed by atoms with van der Waals surface area (Å²) >= 11 is 10.7. The third-order valence-electron chi connectivity index (χ3n) is 3.88. The zero-order chi connectivity index (χ0) is 19.1. The van der Waals surface area contributed by atoms with Gasteiger partial charge < -0.3 is 20.0 Å². The first-order valence-corrected chi connectivity index (χ1v) is 10.7. The van der Waals surface area contributed by atoms with Crippen molar-refractivity contribution in [2.24, 2.45) is 0 Å². The van der Waals surface area contributed by atoms with E-state index in [1.54, 1.807) is 13.4 Å². The van der Waals surface area contributed by atoms with Gasteiger partial charge in [-0.2, -0.15) is 11.8 Å². The van der Waals surface area contributed by atoms with Crippen LogP contribution in [0.1, 0.15) is 16.8 Å². The van der Waals surface area contributed by atoms with Gasteiger partial charge >= 0.3 is 0 Å². The predicted octanol–water partition coefficient (Wildman–Crippen LogP) is 4.57. The van der Waals surface area contributed by atoms with Gasteiger partial charge in [0.05, 0.1) is 19.1 Å². The van der Waals surface area contributed by atoms with E-state index in [9.17, 15) is 0 Å². The monoisotopic (exact) mass is 465 g/mol. The van der Waals surface area contributed by atoms with E-state index < -0.39 is 0 Å². The number of thioether (sulfide) groups is 1. The van der Waals surface area contributed by atoms with Crippen LogP contribution in [0, 0.1) is 4.64 Å². The fourth-order valence-corrected chi connectivity index (χ4v) is 4.00. The summed E-state index contributed by atoms with van der Waals surface area (Å²) in [6, 6.07) is 7.97. The Labute approximate surface area is 175 Å². The van der Waals surface area contributed by atoms with Crippen LogP contribution < -0.4 is 10.1 Å². The van der Waals surface area contributed by atoms with Crippen molar-refractivity contribution in [3.05, 3.63) is 62.9 Å². The first-order valence-electron chi connectivity index (χ1n) is 8.36. The predicted molar refractivity (Wildman–Crippen MR) is 116 cm³/mol. The van der Waals surface area contributed by atoms with Crippen LogP contribution in [0.15, 0.2) is 41.4 Å². The van der Waals surface area contributed by atoms with Crippen molar-refractivity contribution in [2.45, 2.75) is 12.2 Å². The summed E-state index contributed by atoms with van der Waals surface area (Å²) in [7, 11) is 1.66. The fraction of sp³-hybridized carbons (Fsp3) is 0.278. The number of nitrogens with zero attached hydrogens (tertiary/aromatic N) is 2. The van der Waals surface area contributed by atoms with Crippen LogP contribution in [0.3, 0.4) is 0 Å². The molecule has 9 heteroatoms. The first kappa shape index (κ1) is 19.9. The van der Waals surface area contributed by atoms with Crippen LogP contribution in [0.2, 0.25) is 0 Å². The lowest BCUT2D eigenvalue weighted by Crippen LogP contribution is -2.08. The Kier molecular flexibility index (Phi) is 7.31. The third-order valence-corrected chi connectivity index (χ3v) is 5.91. The van der Waals surface area contributed by atoms with Gasteiger partial charge in [-0.1, -0.05) is 24.4 Å². The number of nitrogens with one attached hydrogen (secondary N) is 3. The van der Waals surface area contributed by atoms with Gasteiger partial charge in [0.15, 0.2) is 0 Å². The highest BCUT2D eigenvalue weighted by Gasteiger charge is 2.04. The van der Waals surface area contributed by atoms with Crippen molar-refractivity contribution in [1.29, 1.82) is 0 Å². The van der Waals surface area contributed by atoms with E-state index >= 15 is 0 Å².